The summed E-state index contributed by atoms with van der Waals surface area (Å²) in [5.41, 5.74) is 1.29. The molecule has 0 bridgehead atoms. The third-order valence-corrected chi connectivity index (χ3v) is 2.23. The highest BCUT2D eigenvalue weighted by Crippen LogP contribution is 2.22. The summed E-state index contributed by atoms with van der Waals surface area (Å²) in [5, 5.41) is 0. The van der Waals surface area contributed by atoms with E-state index in [0.717, 1.165) is 0 Å². The van der Waals surface area contributed by atoms with Crippen molar-refractivity contribution in [3.05, 3.63) is 53.5 Å². The number of nitrogens with zero attached hydrogens (tertiary/aromatic N) is 2. The highest BCUT2D eigenvalue weighted by Gasteiger charge is 2.15. The first-order valence-corrected chi connectivity index (χ1v) is 4.78. The van der Waals surface area contributed by atoms with Crippen LogP contribution in [0.4, 0.5) is 4.39 Å². The lowest BCUT2D eigenvalue weighted by Gasteiger charge is -1.94. The number of halogens is 1. The van der Waals surface area contributed by atoms with Crippen molar-refractivity contribution in [1.29, 1.82) is 0 Å². The van der Waals surface area contributed by atoms with Crippen LogP contribution in [0.15, 0.2) is 34.9 Å². The van der Waals surface area contributed by atoms with Gasteiger partial charge in [0, 0.05) is 12.5 Å². The number of rotatable bonds is 2. The van der Waals surface area contributed by atoms with Gasteiger partial charge in [-0.05, 0) is 24.3 Å². The molecule has 0 N–H and O–H groups in total. The molecule has 1 aromatic carbocycles. The minimum absolute atomic E-state index is 0.301. The summed E-state index contributed by atoms with van der Waals surface area (Å²) < 4.78 is 17.9. The van der Waals surface area contributed by atoms with E-state index < -0.39 is 0 Å². The molecule has 0 fully saturated rings. The fourth-order valence-electron chi connectivity index (χ4n) is 1.27. The Bertz CT molecular complexity index is 525. The van der Waals surface area contributed by atoms with Gasteiger partial charge in [0.25, 0.3) is 6.04 Å². The number of hydrogen-bond acceptors (Lipinski definition) is 2. The van der Waals surface area contributed by atoms with Gasteiger partial charge in [0.1, 0.15) is 12.1 Å². The monoisotopic (exact) mass is 216 g/mol. The van der Waals surface area contributed by atoms with E-state index in [-0.39, 0.29) is 11.9 Å². The standard InChI is InChI=1S/C12H9FN2O/c1-8(14-2)11-7-16-12(15-11)9-3-5-10(13)6-4-9/h3-8H,1H3. The lowest BCUT2D eigenvalue weighted by molar-refractivity contribution is 0.571. The van der Waals surface area contributed by atoms with E-state index in [1.54, 1.807) is 19.1 Å². The zero-order chi connectivity index (χ0) is 11.5. The summed E-state index contributed by atoms with van der Waals surface area (Å²) in [6.07, 6.45) is 1.46. The number of aromatic nitrogens is 1. The van der Waals surface area contributed by atoms with Crippen molar-refractivity contribution in [1.82, 2.24) is 4.98 Å². The Kier molecular flexibility index (Phi) is 2.69. The minimum atomic E-state index is -0.321. The van der Waals surface area contributed by atoms with Crippen LogP contribution in [-0.2, 0) is 0 Å². The number of benzene rings is 1. The molecule has 0 amide bonds. The van der Waals surface area contributed by atoms with E-state index in [1.165, 1.54) is 18.4 Å². The molecule has 0 spiro atoms. The van der Waals surface area contributed by atoms with Gasteiger partial charge >= 0.3 is 0 Å². The number of hydrogen-bond donors (Lipinski definition) is 0. The summed E-state index contributed by atoms with van der Waals surface area (Å²) >= 11 is 0. The van der Waals surface area contributed by atoms with Crippen LogP contribution >= 0.6 is 0 Å². The molecule has 1 aromatic heterocycles. The van der Waals surface area contributed by atoms with Gasteiger partial charge in [0.05, 0.1) is 0 Å². The second kappa shape index (κ2) is 4.15. The Morgan fingerprint density at radius 3 is 2.69 bits per heavy atom. The van der Waals surface area contributed by atoms with Crippen molar-refractivity contribution in [3.8, 4) is 11.5 Å². The molecule has 80 valence electrons. The van der Waals surface area contributed by atoms with Gasteiger partial charge in [-0.2, -0.15) is 0 Å². The first-order valence-electron chi connectivity index (χ1n) is 4.78. The fraction of sp³-hybridized carbons (Fsp3) is 0.167. The molecule has 1 unspecified atom stereocenters. The molecule has 0 saturated carbocycles. The molecule has 4 heteroatoms. The van der Waals surface area contributed by atoms with Crippen molar-refractivity contribution in [2.75, 3.05) is 0 Å². The third-order valence-electron chi connectivity index (χ3n) is 2.23. The summed E-state index contributed by atoms with van der Waals surface area (Å²) in [7, 11) is 0. The van der Waals surface area contributed by atoms with Crippen LogP contribution in [0.25, 0.3) is 16.3 Å². The average molecular weight is 216 g/mol. The van der Waals surface area contributed by atoms with Gasteiger partial charge in [-0.25, -0.2) is 15.9 Å². The maximum atomic E-state index is 12.7. The first kappa shape index (κ1) is 10.4. The van der Waals surface area contributed by atoms with Crippen molar-refractivity contribution >= 4 is 0 Å². The van der Waals surface area contributed by atoms with Crippen LogP contribution in [-0.4, -0.2) is 4.98 Å². The Labute approximate surface area is 92.4 Å². The van der Waals surface area contributed by atoms with Crippen LogP contribution < -0.4 is 0 Å². The van der Waals surface area contributed by atoms with Gasteiger partial charge in [-0.1, -0.05) is 0 Å². The first-order chi connectivity index (χ1) is 7.70. The summed E-state index contributed by atoms with van der Waals surface area (Å²) in [6, 6.07) is 5.55. The topological polar surface area (TPSA) is 30.4 Å². The number of oxazole rings is 1. The van der Waals surface area contributed by atoms with Crippen LogP contribution in [0.5, 0.6) is 0 Å². The SMILES string of the molecule is [C-]#[N+]C(C)c1coc(-c2ccc(F)cc2)n1. The Morgan fingerprint density at radius 1 is 1.38 bits per heavy atom. The van der Waals surface area contributed by atoms with E-state index in [9.17, 15) is 4.39 Å². The zero-order valence-corrected chi connectivity index (χ0v) is 8.64. The molecule has 0 aliphatic heterocycles. The third kappa shape index (κ3) is 1.94. The second-order valence-corrected chi connectivity index (χ2v) is 3.39. The summed E-state index contributed by atoms with van der Waals surface area (Å²) in [6.45, 7) is 8.63. The molecule has 0 saturated heterocycles. The molecular formula is C12H9FN2O. The molecule has 0 aliphatic rings. The smallest absolute Gasteiger partial charge is 0.265 e. The van der Waals surface area contributed by atoms with Gasteiger partial charge in [-0.15, -0.1) is 0 Å². The Morgan fingerprint density at radius 2 is 2.06 bits per heavy atom. The van der Waals surface area contributed by atoms with Crippen LogP contribution in [0, 0.1) is 12.4 Å². The van der Waals surface area contributed by atoms with Crippen LogP contribution in [0.3, 0.4) is 0 Å². The normalized spacial score (nSPS) is 12.1. The molecule has 16 heavy (non-hydrogen) atoms. The van der Waals surface area contributed by atoms with E-state index in [1.807, 2.05) is 0 Å². The second-order valence-electron chi connectivity index (χ2n) is 3.39. The molecule has 1 heterocycles. The molecule has 1 atom stereocenters. The van der Waals surface area contributed by atoms with Crippen LogP contribution in [0.2, 0.25) is 0 Å². The van der Waals surface area contributed by atoms with Gasteiger partial charge in [0.15, 0.2) is 5.69 Å². The lowest BCUT2D eigenvalue weighted by Crippen LogP contribution is -1.86. The van der Waals surface area contributed by atoms with E-state index in [2.05, 4.69) is 9.83 Å². The van der Waals surface area contributed by atoms with E-state index in [0.29, 0.717) is 17.1 Å². The largest absolute Gasteiger partial charge is 0.444 e. The summed E-state index contributed by atoms with van der Waals surface area (Å²) in [5.74, 6) is 0.107. The van der Waals surface area contributed by atoms with Gasteiger partial charge in [0.2, 0.25) is 5.89 Å². The molecule has 2 rings (SSSR count). The highest BCUT2D eigenvalue weighted by atomic mass is 19.1. The van der Waals surface area contributed by atoms with Crippen molar-refractivity contribution < 1.29 is 8.81 Å². The Hall–Kier alpha value is -2.15. The van der Waals surface area contributed by atoms with Crippen molar-refractivity contribution in [3.63, 3.8) is 0 Å². The maximum Gasteiger partial charge on any atom is 0.265 e. The van der Waals surface area contributed by atoms with Gasteiger partial charge in [-0.3, -0.25) is 0 Å². The predicted molar refractivity (Wildman–Crippen MR) is 56.9 cm³/mol. The Balaban J connectivity index is 2.32. The summed E-state index contributed by atoms with van der Waals surface area (Å²) in [4.78, 5) is 7.53. The van der Waals surface area contributed by atoms with Crippen molar-refractivity contribution in [2.45, 2.75) is 13.0 Å². The van der Waals surface area contributed by atoms with E-state index in [4.69, 9.17) is 11.0 Å². The molecule has 0 aliphatic carbocycles. The molecule has 3 nitrogen and oxygen atoms in total. The maximum absolute atomic E-state index is 12.7. The molecule has 0 radical (unpaired) electrons. The minimum Gasteiger partial charge on any atom is -0.444 e. The van der Waals surface area contributed by atoms with E-state index >= 15 is 0 Å². The lowest BCUT2D eigenvalue weighted by atomic mass is 10.2. The van der Waals surface area contributed by atoms with Gasteiger partial charge < -0.3 is 9.26 Å². The molecule has 2 aromatic rings. The highest BCUT2D eigenvalue weighted by molar-refractivity contribution is 5.52. The zero-order valence-electron chi connectivity index (χ0n) is 8.64. The average Bonchev–Trinajstić information content (AvgIpc) is 2.78. The van der Waals surface area contributed by atoms with Crippen LogP contribution in [0.1, 0.15) is 18.7 Å². The predicted octanol–water partition coefficient (Wildman–Crippen LogP) is 3.46. The van der Waals surface area contributed by atoms with Crippen molar-refractivity contribution in [2.24, 2.45) is 0 Å². The molecular weight excluding hydrogens is 207 g/mol. The quantitative estimate of drug-likeness (QED) is 0.719. The fourth-order valence-corrected chi connectivity index (χ4v) is 1.27.